The predicted octanol–water partition coefficient (Wildman–Crippen LogP) is 5.50. The van der Waals surface area contributed by atoms with Crippen LogP contribution in [0.2, 0.25) is 0 Å². The first-order valence-corrected chi connectivity index (χ1v) is 11.8. The van der Waals surface area contributed by atoms with Crippen molar-refractivity contribution in [3.63, 3.8) is 0 Å². The van der Waals surface area contributed by atoms with Crippen molar-refractivity contribution < 1.29 is 12.8 Å². The van der Waals surface area contributed by atoms with Gasteiger partial charge in [-0.1, -0.05) is 30.3 Å². The molecule has 0 spiro atoms. The predicted molar refractivity (Wildman–Crippen MR) is 117 cm³/mol. The highest BCUT2D eigenvalue weighted by molar-refractivity contribution is 7.99. The molecule has 0 unspecified atom stereocenters. The third-order valence-corrected chi connectivity index (χ3v) is 6.45. The molecule has 7 heteroatoms. The van der Waals surface area contributed by atoms with Crippen LogP contribution in [0.1, 0.15) is 0 Å². The first-order chi connectivity index (χ1) is 14.4. The van der Waals surface area contributed by atoms with Crippen molar-refractivity contribution in [2.24, 2.45) is 0 Å². The van der Waals surface area contributed by atoms with Crippen molar-refractivity contribution in [1.82, 2.24) is 9.97 Å². The Hall–Kier alpha value is -3.03. The van der Waals surface area contributed by atoms with Gasteiger partial charge in [0.05, 0.1) is 10.6 Å². The minimum Gasteiger partial charge on any atom is -0.230 e. The van der Waals surface area contributed by atoms with E-state index in [0.29, 0.717) is 10.9 Å². The lowest BCUT2D eigenvalue weighted by atomic mass is 10.0. The smallest absolute Gasteiger partial charge is 0.193 e. The summed E-state index contributed by atoms with van der Waals surface area (Å²) in [5, 5.41) is 0.567. The summed E-state index contributed by atoms with van der Waals surface area (Å²) in [5.74, 6) is -0.328. The molecule has 1 aromatic heterocycles. The monoisotopic (exact) mass is 436 g/mol. The van der Waals surface area contributed by atoms with Crippen LogP contribution < -0.4 is 0 Å². The summed E-state index contributed by atoms with van der Waals surface area (Å²) in [5.41, 5.74) is 2.91. The fourth-order valence-electron chi connectivity index (χ4n) is 2.93. The summed E-state index contributed by atoms with van der Waals surface area (Å²) in [6, 6.07) is 22.5. The molecule has 1 heterocycles. The van der Waals surface area contributed by atoms with E-state index in [4.69, 9.17) is 4.98 Å². The second-order valence-electron chi connectivity index (χ2n) is 6.63. The second-order valence-corrected chi connectivity index (χ2v) is 9.69. The number of halogens is 1. The molecule has 0 amide bonds. The number of benzene rings is 3. The van der Waals surface area contributed by atoms with Gasteiger partial charge in [0.15, 0.2) is 15.0 Å². The maximum atomic E-state index is 13.5. The topological polar surface area (TPSA) is 59.9 Å². The van der Waals surface area contributed by atoms with Gasteiger partial charge >= 0.3 is 0 Å². The molecule has 4 aromatic rings. The Labute approximate surface area is 178 Å². The zero-order chi connectivity index (χ0) is 21.1. The van der Waals surface area contributed by atoms with Gasteiger partial charge in [-0.3, -0.25) is 0 Å². The summed E-state index contributed by atoms with van der Waals surface area (Å²) in [7, 11) is -3.29. The molecule has 0 aliphatic carbocycles. The van der Waals surface area contributed by atoms with E-state index in [2.05, 4.69) is 4.98 Å². The molecular formula is C23H17FN2O2S2. The van der Waals surface area contributed by atoms with Crippen LogP contribution in [0.25, 0.3) is 22.4 Å². The minimum absolute atomic E-state index is 0.242. The average Bonchev–Trinajstić information content (AvgIpc) is 2.74. The Morgan fingerprint density at radius 1 is 0.833 bits per heavy atom. The minimum atomic E-state index is -3.29. The van der Waals surface area contributed by atoms with E-state index in [1.165, 1.54) is 30.2 Å². The van der Waals surface area contributed by atoms with E-state index in [9.17, 15) is 12.8 Å². The third-order valence-electron chi connectivity index (χ3n) is 4.43. The largest absolute Gasteiger partial charge is 0.230 e. The molecule has 0 saturated carbocycles. The SMILES string of the molecule is CS(=O)(=O)c1ccc(-c2cnc(Sc3ccccc3)nc2-c2ccc(F)cc2)cc1. The Morgan fingerprint density at radius 2 is 1.47 bits per heavy atom. The maximum absolute atomic E-state index is 13.5. The van der Waals surface area contributed by atoms with Crippen molar-refractivity contribution in [2.45, 2.75) is 14.9 Å². The molecule has 0 atom stereocenters. The Morgan fingerprint density at radius 3 is 2.10 bits per heavy atom. The highest BCUT2D eigenvalue weighted by Gasteiger charge is 2.14. The van der Waals surface area contributed by atoms with Crippen LogP contribution >= 0.6 is 11.8 Å². The van der Waals surface area contributed by atoms with Crippen LogP contribution in [0.15, 0.2) is 100 Å². The van der Waals surface area contributed by atoms with Crippen molar-refractivity contribution in [1.29, 1.82) is 0 Å². The first-order valence-electron chi connectivity index (χ1n) is 9.06. The molecule has 4 rings (SSSR count). The fraction of sp³-hybridized carbons (Fsp3) is 0.0435. The molecule has 4 nitrogen and oxygen atoms in total. The van der Waals surface area contributed by atoms with E-state index in [-0.39, 0.29) is 10.7 Å². The molecular weight excluding hydrogens is 419 g/mol. The average molecular weight is 437 g/mol. The van der Waals surface area contributed by atoms with Crippen LogP contribution in [0.5, 0.6) is 0 Å². The third kappa shape index (κ3) is 4.58. The van der Waals surface area contributed by atoms with E-state index in [1.54, 1.807) is 42.6 Å². The molecule has 0 bridgehead atoms. The van der Waals surface area contributed by atoms with Gasteiger partial charge in [0.1, 0.15) is 5.82 Å². The summed E-state index contributed by atoms with van der Waals surface area (Å²) in [6.07, 6.45) is 2.89. The van der Waals surface area contributed by atoms with Gasteiger partial charge in [-0.15, -0.1) is 0 Å². The van der Waals surface area contributed by atoms with E-state index in [1.807, 2.05) is 30.3 Å². The summed E-state index contributed by atoms with van der Waals surface area (Å²) >= 11 is 1.43. The normalized spacial score (nSPS) is 11.4. The number of aromatic nitrogens is 2. The summed E-state index contributed by atoms with van der Waals surface area (Å²) in [4.78, 5) is 10.5. The van der Waals surface area contributed by atoms with Crippen LogP contribution in [-0.4, -0.2) is 24.6 Å². The summed E-state index contributed by atoms with van der Waals surface area (Å²) in [6.45, 7) is 0. The molecule has 150 valence electrons. The van der Waals surface area contributed by atoms with Gasteiger partial charge in [0.25, 0.3) is 0 Å². The molecule has 0 saturated heterocycles. The quantitative estimate of drug-likeness (QED) is 0.386. The van der Waals surface area contributed by atoms with Gasteiger partial charge < -0.3 is 0 Å². The van der Waals surface area contributed by atoms with Crippen LogP contribution in [-0.2, 0) is 9.84 Å². The van der Waals surface area contributed by atoms with Crippen LogP contribution in [0.4, 0.5) is 4.39 Å². The van der Waals surface area contributed by atoms with Crippen molar-refractivity contribution in [3.05, 3.63) is 90.9 Å². The van der Waals surface area contributed by atoms with Gasteiger partial charge in [0.2, 0.25) is 0 Å². The van der Waals surface area contributed by atoms with Crippen LogP contribution in [0, 0.1) is 5.82 Å². The number of nitrogens with zero attached hydrogens (tertiary/aromatic N) is 2. The fourth-order valence-corrected chi connectivity index (χ4v) is 4.31. The first kappa shape index (κ1) is 20.3. The molecule has 0 N–H and O–H groups in total. The van der Waals surface area contributed by atoms with E-state index >= 15 is 0 Å². The Bertz CT molecular complexity index is 1280. The summed E-state index contributed by atoms with van der Waals surface area (Å²) < 4.78 is 37.0. The zero-order valence-corrected chi connectivity index (χ0v) is 17.6. The van der Waals surface area contributed by atoms with Crippen LogP contribution in [0.3, 0.4) is 0 Å². The van der Waals surface area contributed by atoms with Gasteiger partial charge in [-0.05, 0) is 65.9 Å². The molecule has 0 fully saturated rings. The van der Waals surface area contributed by atoms with E-state index in [0.717, 1.165) is 21.6 Å². The highest BCUT2D eigenvalue weighted by Crippen LogP contribution is 2.34. The molecule has 30 heavy (non-hydrogen) atoms. The number of rotatable bonds is 5. The van der Waals surface area contributed by atoms with Gasteiger partial charge in [-0.25, -0.2) is 22.8 Å². The highest BCUT2D eigenvalue weighted by atomic mass is 32.2. The van der Waals surface area contributed by atoms with E-state index < -0.39 is 9.84 Å². The van der Waals surface area contributed by atoms with Gasteiger partial charge in [-0.2, -0.15) is 0 Å². The van der Waals surface area contributed by atoms with Crippen molar-refractivity contribution >= 4 is 21.6 Å². The number of hydrogen-bond acceptors (Lipinski definition) is 5. The molecule has 0 aliphatic heterocycles. The molecule has 3 aromatic carbocycles. The lowest BCUT2D eigenvalue weighted by Crippen LogP contribution is -1.98. The molecule has 0 aliphatic rings. The Kier molecular flexibility index (Phi) is 5.65. The lowest BCUT2D eigenvalue weighted by molar-refractivity contribution is 0.602. The number of sulfone groups is 1. The zero-order valence-electron chi connectivity index (χ0n) is 16.0. The second kappa shape index (κ2) is 8.38. The van der Waals surface area contributed by atoms with Gasteiger partial charge in [0, 0.05) is 28.5 Å². The maximum Gasteiger partial charge on any atom is 0.193 e. The van der Waals surface area contributed by atoms with Crippen molar-refractivity contribution in [3.8, 4) is 22.4 Å². The lowest BCUT2D eigenvalue weighted by Gasteiger charge is -2.11. The Balaban J connectivity index is 1.80. The number of hydrogen-bond donors (Lipinski definition) is 0. The van der Waals surface area contributed by atoms with Crippen molar-refractivity contribution in [2.75, 3.05) is 6.26 Å². The standard InChI is InChI=1S/C23H17FN2O2S2/c1-30(27,28)20-13-9-16(10-14-20)21-15-25-23(29-19-5-3-2-4-6-19)26-22(21)17-7-11-18(24)12-8-17/h2-15H,1H3. The molecule has 0 radical (unpaired) electrons.